The predicted molar refractivity (Wildman–Crippen MR) is 119 cm³/mol. The molecule has 4 rings (SSSR count). The minimum absolute atomic E-state index is 0.0932. The topological polar surface area (TPSA) is 144 Å². The van der Waals surface area contributed by atoms with E-state index in [1.54, 1.807) is 36.4 Å². The van der Waals surface area contributed by atoms with Gasteiger partial charge >= 0.3 is 0 Å². The molecule has 0 spiro atoms. The van der Waals surface area contributed by atoms with Crippen molar-refractivity contribution >= 4 is 34.4 Å². The second-order valence-corrected chi connectivity index (χ2v) is 6.78. The molecule has 0 atom stereocenters. The van der Waals surface area contributed by atoms with Crippen LogP contribution in [0.5, 0.6) is 0 Å². The monoisotopic (exact) mass is 429 g/mol. The largest absolute Gasteiger partial charge is 0.350 e. The number of nitrogens with one attached hydrogen (secondary N) is 2. The maximum Gasteiger partial charge on any atom is 0.288 e. The zero-order chi connectivity index (χ0) is 22.7. The minimum atomic E-state index is -0.565. The summed E-state index contributed by atoms with van der Waals surface area (Å²) in [5.41, 5.74) is 4.60. The van der Waals surface area contributed by atoms with Crippen molar-refractivity contribution in [2.75, 3.05) is 0 Å². The number of nitro groups is 2. The fourth-order valence-electron chi connectivity index (χ4n) is 3.31. The Hall–Kier alpha value is -4.86. The Morgan fingerprint density at radius 2 is 1.62 bits per heavy atom. The molecular weight excluding hydrogens is 414 g/mol. The molecular formula is C22H15N5O5. The van der Waals surface area contributed by atoms with Gasteiger partial charge in [-0.15, -0.1) is 0 Å². The SMILES string of the molecule is O=C(NN=Cc1cccc([N+](=O)[O-])c1)c1[nH]c2ccc([N+](=O)[O-])cc2c1-c1ccccc1. The van der Waals surface area contributed by atoms with Crippen molar-refractivity contribution in [3.63, 3.8) is 0 Å². The number of non-ortho nitro benzene ring substituents is 2. The van der Waals surface area contributed by atoms with Crippen molar-refractivity contribution in [2.24, 2.45) is 5.10 Å². The Bertz CT molecular complexity index is 1380. The van der Waals surface area contributed by atoms with Crippen LogP contribution in [0.2, 0.25) is 0 Å². The second-order valence-electron chi connectivity index (χ2n) is 6.78. The maximum absolute atomic E-state index is 12.9. The number of nitro benzene ring substituents is 2. The second kappa shape index (κ2) is 8.48. The Morgan fingerprint density at radius 1 is 0.906 bits per heavy atom. The molecule has 0 aliphatic heterocycles. The first-order valence-corrected chi connectivity index (χ1v) is 9.37. The highest BCUT2D eigenvalue weighted by atomic mass is 16.6. The van der Waals surface area contributed by atoms with Crippen LogP contribution in [0.15, 0.2) is 77.9 Å². The standard InChI is InChI=1S/C22H15N5O5/c28-22(25-23-13-14-5-4-8-16(11-14)26(29)30)21-20(15-6-2-1-3-7-15)18-12-17(27(31)32)9-10-19(18)24-21/h1-13,24H,(H,25,28). The normalized spacial score (nSPS) is 11.0. The Labute approximate surface area is 180 Å². The van der Waals surface area contributed by atoms with E-state index in [1.807, 2.05) is 6.07 Å². The summed E-state index contributed by atoms with van der Waals surface area (Å²) in [6, 6.07) is 19.1. The van der Waals surface area contributed by atoms with Crippen molar-refractivity contribution in [3.8, 4) is 11.1 Å². The van der Waals surface area contributed by atoms with E-state index in [-0.39, 0.29) is 17.1 Å². The van der Waals surface area contributed by atoms with Gasteiger partial charge in [-0.05, 0) is 11.6 Å². The third-order valence-corrected chi connectivity index (χ3v) is 4.74. The van der Waals surface area contributed by atoms with E-state index < -0.39 is 15.8 Å². The number of nitrogens with zero attached hydrogens (tertiary/aromatic N) is 3. The number of hydrogen-bond acceptors (Lipinski definition) is 6. The number of aromatic amines is 1. The molecule has 3 aromatic carbocycles. The highest BCUT2D eigenvalue weighted by Gasteiger charge is 2.21. The summed E-state index contributed by atoms with van der Waals surface area (Å²) in [6.07, 6.45) is 1.29. The van der Waals surface area contributed by atoms with E-state index >= 15 is 0 Å². The fourth-order valence-corrected chi connectivity index (χ4v) is 3.31. The van der Waals surface area contributed by atoms with Crippen LogP contribution in [0.25, 0.3) is 22.0 Å². The van der Waals surface area contributed by atoms with Gasteiger partial charge in [-0.3, -0.25) is 25.0 Å². The van der Waals surface area contributed by atoms with Crippen LogP contribution in [-0.2, 0) is 0 Å². The molecule has 1 aromatic heterocycles. The number of rotatable bonds is 6. The number of hydrazone groups is 1. The van der Waals surface area contributed by atoms with Gasteiger partial charge in [-0.25, -0.2) is 5.43 Å². The van der Waals surface area contributed by atoms with E-state index in [0.29, 0.717) is 27.6 Å². The van der Waals surface area contributed by atoms with Crippen molar-refractivity contribution in [3.05, 3.63) is 104 Å². The van der Waals surface area contributed by atoms with Gasteiger partial charge in [-0.2, -0.15) is 5.10 Å². The number of H-pyrrole nitrogens is 1. The van der Waals surface area contributed by atoms with Gasteiger partial charge in [0.05, 0.1) is 16.1 Å². The Morgan fingerprint density at radius 3 is 2.34 bits per heavy atom. The summed E-state index contributed by atoms with van der Waals surface area (Å²) in [5, 5.41) is 26.5. The predicted octanol–water partition coefficient (Wildman–Crippen LogP) is 4.42. The first-order chi connectivity index (χ1) is 15.4. The van der Waals surface area contributed by atoms with Crippen LogP contribution in [0.4, 0.5) is 11.4 Å². The number of aromatic nitrogens is 1. The molecule has 0 unspecified atom stereocenters. The lowest BCUT2D eigenvalue weighted by atomic mass is 10.0. The number of carbonyl (C=O) groups is 1. The van der Waals surface area contributed by atoms with Crippen molar-refractivity contribution in [1.82, 2.24) is 10.4 Å². The van der Waals surface area contributed by atoms with Gasteiger partial charge in [0.25, 0.3) is 17.3 Å². The fraction of sp³-hybridized carbons (Fsp3) is 0. The molecule has 4 aromatic rings. The quantitative estimate of drug-likeness (QED) is 0.265. The lowest BCUT2D eigenvalue weighted by molar-refractivity contribution is -0.385. The molecule has 0 saturated heterocycles. The van der Waals surface area contributed by atoms with Crippen LogP contribution in [0.3, 0.4) is 0 Å². The summed E-state index contributed by atoms with van der Waals surface area (Å²) in [6.45, 7) is 0. The van der Waals surface area contributed by atoms with E-state index in [9.17, 15) is 25.0 Å². The summed E-state index contributed by atoms with van der Waals surface area (Å²) >= 11 is 0. The number of benzene rings is 3. The first kappa shape index (κ1) is 20.4. The van der Waals surface area contributed by atoms with Crippen LogP contribution in [-0.4, -0.2) is 27.0 Å². The van der Waals surface area contributed by atoms with Crippen LogP contribution in [0.1, 0.15) is 16.1 Å². The highest BCUT2D eigenvalue weighted by molar-refractivity contribution is 6.10. The molecule has 1 heterocycles. The molecule has 0 aliphatic rings. The lowest BCUT2D eigenvalue weighted by Gasteiger charge is -2.04. The van der Waals surface area contributed by atoms with Crippen molar-refractivity contribution in [1.29, 1.82) is 0 Å². The zero-order valence-electron chi connectivity index (χ0n) is 16.4. The highest BCUT2D eigenvalue weighted by Crippen LogP contribution is 2.34. The number of fused-ring (bicyclic) bond motifs is 1. The Balaban J connectivity index is 1.70. The molecule has 0 fully saturated rings. The minimum Gasteiger partial charge on any atom is -0.350 e. The van der Waals surface area contributed by atoms with Gasteiger partial charge in [0, 0.05) is 46.3 Å². The first-order valence-electron chi connectivity index (χ1n) is 9.37. The molecule has 158 valence electrons. The zero-order valence-corrected chi connectivity index (χ0v) is 16.4. The van der Waals surface area contributed by atoms with Gasteiger partial charge in [-0.1, -0.05) is 42.5 Å². The lowest BCUT2D eigenvalue weighted by Crippen LogP contribution is -2.18. The molecule has 10 nitrogen and oxygen atoms in total. The van der Waals surface area contributed by atoms with E-state index in [0.717, 1.165) is 0 Å². The van der Waals surface area contributed by atoms with Gasteiger partial charge in [0.1, 0.15) is 5.69 Å². The smallest absolute Gasteiger partial charge is 0.288 e. The van der Waals surface area contributed by atoms with Gasteiger partial charge in [0.2, 0.25) is 0 Å². The average Bonchev–Trinajstić information content (AvgIpc) is 3.18. The van der Waals surface area contributed by atoms with Crippen molar-refractivity contribution in [2.45, 2.75) is 0 Å². The molecule has 2 N–H and O–H groups in total. The molecule has 0 radical (unpaired) electrons. The van der Waals surface area contributed by atoms with E-state index in [4.69, 9.17) is 0 Å². The third kappa shape index (κ3) is 4.05. The summed E-state index contributed by atoms with van der Waals surface area (Å²) in [7, 11) is 0. The molecule has 0 saturated carbocycles. The van der Waals surface area contributed by atoms with Gasteiger partial charge < -0.3 is 4.98 Å². The van der Waals surface area contributed by atoms with Crippen LogP contribution < -0.4 is 5.43 Å². The summed E-state index contributed by atoms with van der Waals surface area (Å²) in [5.74, 6) is -0.565. The maximum atomic E-state index is 12.9. The molecule has 1 amide bonds. The summed E-state index contributed by atoms with van der Waals surface area (Å²) < 4.78 is 0. The van der Waals surface area contributed by atoms with Crippen LogP contribution in [0, 0.1) is 20.2 Å². The van der Waals surface area contributed by atoms with Crippen LogP contribution >= 0.6 is 0 Å². The van der Waals surface area contributed by atoms with E-state index in [2.05, 4.69) is 15.5 Å². The third-order valence-electron chi connectivity index (χ3n) is 4.74. The summed E-state index contributed by atoms with van der Waals surface area (Å²) in [4.78, 5) is 37.0. The number of amides is 1. The van der Waals surface area contributed by atoms with E-state index in [1.165, 1.54) is 36.5 Å². The average molecular weight is 429 g/mol. The Kier molecular flexibility index (Phi) is 5.41. The molecule has 32 heavy (non-hydrogen) atoms. The number of carbonyl (C=O) groups excluding carboxylic acids is 1. The van der Waals surface area contributed by atoms with Crippen molar-refractivity contribution < 1.29 is 14.6 Å². The molecule has 0 aliphatic carbocycles. The molecule has 10 heteroatoms. The van der Waals surface area contributed by atoms with Gasteiger partial charge in [0.15, 0.2) is 0 Å². The molecule has 0 bridgehead atoms. The number of hydrogen-bond donors (Lipinski definition) is 2.